The summed E-state index contributed by atoms with van der Waals surface area (Å²) in [6, 6.07) is 18.7. The van der Waals surface area contributed by atoms with E-state index in [-0.39, 0.29) is 70.5 Å². The molecule has 1 aromatic heterocycles. The van der Waals surface area contributed by atoms with Crippen LogP contribution < -0.4 is 43.0 Å². The Bertz CT molecular complexity index is 2430. The topological polar surface area (TPSA) is 273 Å². The van der Waals surface area contributed by atoms with Gasteiger partial charge < -0.3 is 52.8 Å². The molecule has 3 aliphatic rings. The second-order valence-corrected chi connectivity index (χ2v) is 17.5. The van der Waals surface area contributed by atoms with Crippen molar-refractivity contribution in [3.05, 3.63) is 107 Å². The standard InChI is InChI=1S/C48H59N11O7/c1-29(60)54-38(24-30-12-3-2-4-13-30)42(62)56-37-19-10-21-51-41(61)36(18-9-22-52-47(49)50)55-43(63)39(25-33-28-53-35-17-8-7-16-34(33)35)57-46(66)48(26-31-14-5-6-15-32(31)27-48)58-44(64)40-20-11-23-59(40)45(37)65/h2-8,12-17,28,36-40,53H,9-11,18-27H2,1H3,(H,51,61)(H,54,60)(H,55,63)(H,56,62)(H,57,66)(H,58,64)(H4,49,50,52)/t36?,37-,38-,39?,40?/m0/s1. The molecule has 0 bridgehead atoms. The number of amides is 7. The lowest BCUT2D eigenvalue weighted by molar-refractivity contribution is -0.144. The second-order valence-electron chi connectivity index (χ2n) is 17.5. The minimum absolute atomic E-state index is 0.0466. The molecule has 2 fully saturated rings. The maximum absolute atomic E-state index is 15.0. The van der Waals surface area contributed by atoms with E-state index in [0.717, 1.165) is 33.2 Å². The van der Waals surface area contributed by atoms with Gasteiger partial charge in [0.05, 0.1) is 0 Å². The lowest BCUT2D eigenvalue weighted by Crippen LogP contribution is -2.66. The van der Waals surface area contributed by atoms with Gasteiger partial charge in [-0.3, -0.25) is 39.0 Å². The molecule has 18 heteroatoms. The monoisotopic (exact) mass is 901 g/mol. The van der Waals surface area contributed by atoms with Gasteiger partial charge in [0.25, 0.3) is 0 Å². The molecule has 1 spiro atoms. The summed E-state index contributed by atoms with van der Waals surface area (Å²) in [5.74, 6) is -4.07. The van der Waals surface area contributed by atoms with Crippen molar-refractivity contribution in [2.75, 3.05) is 19.6 Å². The Morgan fingerprint density at radius 1 is 0.864 bits per heavy atom. The zero-order valence-corrected chi connectivity index (χ0v) is 37.0. The van der Waals surface area contributed by atoms with E-state index in [2.05, 4.69) is 42.2 Å². The highest BCUT2D eigenvalue weighted by atomic mass is 16.2. The molecule has 18 nitrogen and oxygen atoms in total. The van der Waals surface area contributed by atoms with Crippen LogP contribution in [0.2, 0.25) is 0 Å². The molecule has 3 unspecified atom stereocenters. The van der Waals surface area contributed by atoms with Gasteiger partial charge in [-0.05, 0) is 66.8 Å². The normalized spacial score (nSPS) is 21.8. The minimum atomic E-state index is -1.56. The van der Waals surface area contributed by atoms with Crippen molar-refractivity contribution < 1.29 is 33.6 Å². The predicted octanol–water partition coefficient (Wildman–Crippen LogP) is 0.730. The van der Waals surface area contributed by atoms with Gasteiger partial charge in [0.1, 0.15) is 35.7 Å². The summed E-state index contributed by atoms with van der Waals surface area (Å²) in [6.45, 7) is 1.82. The molecular formula is C48H59N11O7. The Hall–Kier alpha value is -7.24. The molecule has 5 atom stereocenters. The zero-order valence-electron chi connectivity index (χ0n) is 37.0. The van der Waals surface area contributed by atoms with Crippen molar-refractivity contribution in [3.63, 3.8) is 0 Å². The SMILES string of the molecule is CC(=O)N[C@@H](Cc1ccccc1)C(=O)N[C@H]1CCCNC(=O)C(CCCNC(=N)N)NC(=O)C(Cc2c[nH]c3ccccc23)NC(=O)C2(Cc3ccccc3C2)NC(=O)C2CCCN2C1=O. The average Bonchev–Trinajstić information content (AvgIpc) is 4.05. The molecule has 4 aromatic rings. The highest BCUT2D eigenvalue weighted by molar-refractivity contribution is 6.00. The third-order valence-corrected chi connectivity index (χ3v) is 12.6. The molecule has 7 rings (SSSR count). The number of hydrogen-bond donors (Lipinski definition) is 10. The molecule has 2 aliphatic heterocycles. The Kier molecular flexibility index (Phi) is 15.0. The van der Waals surface area contributed by atoms with Crippen molar-refractivity contribution in [1.82, 2.24) is 47.1 Å². The molecule has 3 heterocycles. The number of aromatic amines is 1. The third kappa shape index (κ3) is 11.3. The van der Waals surface area contributed by atoms with Crippen molar-refractivity contribution in [3.8, 4) is 0 Å². The number of aromatic nitrogens is 1. The zero-order chi connectivity index (χ0) is 46.8. The van der Waals surface area contributed by atoms with Crippen LogP contribution in [0.1, 0.15) is 67.7 Å². The summed E-state index contributed by atoms with van der Waals surface area (Å²) in [5.41, 5.74) is 8.00. The number of fused-ring (bicyclic) bond motifs is 3. The number of carbonyl (C=O) groups is 7. The van der Waals surface area contributed by atoms with E-state index in [1.54, 1.807) is 6.20 Å². The van der Waals surface area contributed by atoms with Gasteiger partial charge in [-0.25, -0.2) is 0 Å². The first-order chi connectivity index (χ1) is 31.8. The molecule has 348 valence electrons. The van der Waals surface area contributed by atoms with Gasteiger partial charge in [-0.2, -0.15) is 0 Å². The fourth-order valence-corrected chi connectivity index (χ4v) is 9.31. The van der Waals surface area contributed by atoms with Crippen LogP contribution in [-0.2, 0) is 59.2 Å². The van der Waals surface area contributed by atoms with Crippen LogP contribution in [0, 0.1) is 5.41 Å². The Morgan fingerprint density at radius 2 is 1.58 bits per heavy atom. The fourth-order valence-electron chi connectivity index (χ4n) is 9.31. The van der Waals surface area contributed by atoms with Gasteiger partial charge in [-0.15, -0.1) is 0 Å². The maximum atomic E-state index is 15.0. The first-order valence-corrected chi connectivity index (χ1v) is 22.6. The summed E-state index contributed by atoms with van der Waals surface area (Å²) < 4.78 is 0. The van der Waals surface area contributed by atoms with Crippen molar-refractivity contribution in [2.24, 2.45) is 5.73 Å². The number of carbonyl (C=O) groups excluding carboxylic acids is 7. The summed E-state index contributed by atoms with van der Waals surface area (Å²) in [5, 5.41) is 28.5. The number of nitrogens with two attached hydrogens (primary N) is 1. The minimum Gasteiger partial charge on any atom is -0.370 e. The highest BCUT2D eigenvalue weighted by Gasteiger charge is 2.49. The van der Waals surface area contributed by atoms with E-state index in [0.29, 0.717) is 19.3 Å². The molecule has 0 radical (unpaired) electrons. The Labute approximate surface area is 382 Å². The van der Waals surface area contributed by atoms with Gasteiger partial charge >= 0.3 is 0 Å². The quantitative estimate of drug-likeness (QED) is 0.0577. The van der Waals surface area contributed by atoms with Crippen molar-refractivity contribution in [2.45, 2.75) is 107 Å². The van der Waals surface area contributed by atoms with E-state index in [4.69, 9.17) is 11.1 Å². The van der Waals surface area contributed by atoms with Crippen LogP contribution in [0.5, 0.6) is 0 Å². The number of para-hydroxylation sites is 1. The number of guanidine groups is 1. The van der Waals surface area contributed by atoms with E-state index in [1.165, 1.54) is 11.8 Å². The van der Waals surface area contributed by atoms with Crippen LogP contribution in [-0.4, -0.2) is 113 Å². The lowest BCUT2D eigenvalue weighted by Gasteiger charge is -2.35. The van der Waals surface area contributed by atoms with Crippen LogP contribution in [0.25, 0.3) is 10.9 Å². The second kappa shape index (κ2) is 21.2. The van der Waals surface area contributed by atoms with E-state index < -0.39 is 77.1 Å². The number of nitrogens with zero attached hydrogens (tertiary/aromatic N) is 1. The van der Waals surface area contributed by atoms with E-state index in [9.17, 15) is 28.8 Å². The molecule has 1 aliphatic carbocycles. The van der Waals surface area contributed by atoms with Gasteiger partial charge in [0, 0.05) is 69.3 Å². The van der Waals surface area contributed by atoms with E-state index in [1.807, 2.05) is 78.9 Å². The number of benzene rings is 3. The van der Waals surface area contributed by atoms with E-state index >= 15 is 4.79 Å². The number of hydrogen-bond acceptors (Lipinski definition) is 8. The smallest absolute Gasteiger partial charge is 0.247 e. The molecule has 2 saturated heterocycles. The molecule has 7 amide bonds. The first-order valence-electron chi connectivity index (χ1n) is 22.6. The highest BCUT2D eigenvalue weighted by Crippen LogP contribution is 2.32. The number of nitrogens with one attached hydrogen (secondary N) is 9. The molecule has 11 N–H and O–H groups in total. The lowest BCUT2D eigenvalue weighted by atomic mass is 9.92. The van der Waals surface area contributed by atoms with Gasteiger partial charge in [0.15, 0.2) is 5.96 Å². The molecule has 66 heavy (non-hydrogen) atoms. The maximum Gasteiger partial charge on any atom is 0.247 e. The molecule has 0 saturated carbocycles. The summed E-state index contributed by atoms with van der Waals surface area (Å²) in [6.07, 6.45) is 3.74. The number of H-pyrrole nitrogens is 1. The Balaban J connectivity index is 1.22. The largest absolute Gasteiger partial charge is 0.370 e. The van der Waals surface area contributed by atoms with Crippen LogP contribution >= 0.6 is 0 Å². The van der Waals surface area contributed by atoms with Gasteiger partial charge in [-0.1, -0.05) is 72.8 Å². The predicted molar refractivity (Wildman–Crippen MR) is 246 cm³/mol. The Morgan fingerprint density at radius 3 is 2.30 bits per heavy atom. The van der Waals surface area contributed by atoms with Crippen LogP contribution in [0.15, 0.2) is 85.1 Å². The fraction of sp³-hybridized carbons (Fsp3) is 0.417. The van der Waals surface area contributed by atoms with Crippen LogP contribution in [0.3, 0.4) is 0 Å². The summed E-state index contributed by atoms with van der Waals surface area (Å²) >= 11 is 0. The first kappa shape index (κ1) is 46.7. The average molecular weight is 902 g/mol. The summed E-state index contributed by atoms with van der Waals surface area (Å²) in [7, 11) is 0. The third-order valence-electron chi connectivity index (χ3n) is 12.6. The molecule has 3 aromatic carbocycles. The van der Waals surface area contributed by atoms with Crippen molar-refractivity contribution in [1.29, 1.82) is 5.41 Å². The molecular weight excluding hydrogens is 843 g/mol. The van der Waals surface area contributed by atoms with Gasteiger partial charge in [0.2, 0.25) is 41.4 Å². The number of rotatable bonds is 11. The van der Waals surface area contributed by atoms with Crippen LogP contribution in [0.4, 0.5) is 0 Å². The van der Waals surface area contributed by atoms with Crippen molar-refractivity contribution >= 4 is 58.2 Å². The summed E-state index contributed by atoms with van der Waals surface area (Å²) in [4.78, 5) is 104.